The fourth-order valence-electron chi connectivity index (χ4n) is 4.93. The molecule has 2 aromatic rings. The molecule has 0 bridgehead atoms. The van der Waals surface area contributed by atoms with Crippen molar-refractivity contribution < 1.29 is 4.79 Å². The summed E-state index contributed by atoms with van der Waals surface area (Å²) in [4.78, 5) is 15.8. The molecule has 2 heterocycles. The number of nitrogens with zero attached hydrogens (tertiary/aromatic N) is 4. The van der Waals surface area contributed by atoms with Gasteiger partial charge in [0.05, 0.1) is 5.69 Å². The topological polar surface area (TPSA) is 67.4 Å². The highest BCUT2D eigenvalue weighted by molar-refractivity contribution is 5.73. The van der Waals surface area contributed by atoms with Crippen LogP contribution in [0.1, 0.15) is 55.6 Å². The van der Waals surface area contributed by atoms with Crippen molar-refractivity contribution in [2.45, 2.75) is 51.0 Å². The van der Waals surface area contributed by atoms with Gasteiger partial charge in [0.15, 0.2) is 0 Å². The largest absolute Gasteiger partial charge is 0.370 e. The van der Waals surface area contributed by atoms with Gasteiger partial charge in [-0.05, 0) is 24.3 Å². The number of aromatic nitrogens is 2. The highest BCUT2D eigenvalue weighted by Crippen LogP contribution is 2.34. The average Bonchev–Trinajstić information content (AvgIpc) is 3.14. The fourth-order valence-corrected chi connectivity index (χ4v) is 4.93. The molecule has 30 heavy (non-hydrogen) atoms. The molecule has 6 nitrogen and oxygen atoms in total. The van der Waals surface area contributed by atoms with E-state index in [0.29, 0.717) is 6.42 Å². The molecule has 1 aliphatic carbocycles. The van der Waals surface area contributed by atoms with Crippen LogP contribution >= 0.6 is 0 Å². The Hall–Kier alpha value is -2.18. The van der Waals surface area contributed by atoms with Crippen molar-refractivity contribution in [3.63, 3.8) is 0 Å². The number of rotatable bonds is 7. The number of piperazine rings is 1. The Kier molecular flexibility index (Phi) is 6.85. The van der Waals surface area contributed by atoms with E-state index in [1.165, 1.54) is 48.8 Å². The van der Waals surface area contributed by atoms with E-state index in [1.54, 1.807) is 0 Å². The molecule has 1 saturated carbocycles. The zero-order chi connectivity index (χ0) is 20.9. The van der Waals surface area contributed by atoms with Gasteiger partial charge >= 0.3 is 0 Å². The summed E-state index contributed by atoms with van der Waals surface area (Å²) in [6.07, 6.45) is 9.40. The van der Waals surface area contributed by atoms with Gasteiger partial charge in [-0.1, -0.05) is 43.5 Å². The summed E-state index contributed by atoms with van der Waals surface area (Å²) in [6, 6.07) is 9.16. The summed E-state index contributed by atoms with van der Waals surface area (Å²) in [6.45, 7) is 5.67. The summed E-state index contributed by atoms with van der Waals surface area (Å²) in [5, 5.41) is 4.78. The van der Waals surface area contributed by atoms with Gasteiger partial charge in [0, 0.05) is 70.1 Å². The molecule has 1 aromatic carbocycles. The quantitative estimate of drug-likeness (QED) is 0.763. The van der Waals surface area contributed by atoms with Crippen LogP contribution in [0.2, 0.25) is 0 Å². The van der Waals surface area contributed by atoms with Gasteiger partial charge in [-0.25, -0.2) is 0 Å². The Morgan fingerprint density at radius 2 is 1.70 bits per heavy atom. The van der Waals surface area contributed by atoms with Crippen molar-refractivity contribution in [1.82, 2.24) is 19.6 Å². The summed E-state index contributed by atoms with van der Waals surface area (Å²) in [7, 11) is 2.01. The van der Waals surface area contributed by atoms with E-state index >= 15 is 0 Å². The second-order valence-corrected chi connectivity index (χ2v) is 8.97. The Labute approximate surface area is 180 Å². The van der Waals surface area contributed by atoms with Gasteiger partial charge in [0.25, 0.3) is 0 Å². The molecule has 4 rings (SSSR count). The molecule has 2 fully saturated rings. The average molecular weight is 410 g/mol. The monoisotopic (exact) mass is 409 g/mol. The van der Waals surface area contributed by atoms with Crippen molar-refractivity contribution in [2.24, 2.45) is 12.8 Å². The number of benzene rings is 1. The minimum Gasteiger partial charge on any atom is -0.370 e. The van der Waals surface area contributed by atoms with Crippen molar-refractivity contribution in [3.05, 3.63) is 41.6 Å². The molecular formula is C24H35N5O. The SMILES string of the molecule is Cn1cc(CN2CCN(CCC(N)=O)CC2)c(-c2ccc(C3CCCCC3)cc2)n1. The third kappa shape index (κ3) is 5.29. The normalized spacial score (nSPS) is 19.2. The molecule has 2 N–H and O–H groups in total. The minimum atomic E-state index is -0.216. The number of amides is 1. The molecule has 0 atom stereocenters. The first-order valence-corrected chi connectivity index (χ1v) is 11.4. The van der Waals surface area contributed by atoms with Gasteiger partial charge in [0.1, 0.15) is 0 Å². The lowest BCUT2D eigenvalue weighted by Gasteiger charge is -2.34. The third-order valence-corrected chi connectivity index (χ3v) is 6.70. The van der Waals surface area contributed by atoms with Crippen LogP contribution in [0.3, 0.4) is 0 Å². The van der Waals surface area contributed by atoms with Crippen LogP contribution in [0.15, 0.2) is 30.5 Å². The third-order valence-electron chi connectivity index (χ3n) is 6.70. The van der Waals surface area contributed by atoms with Crippen LogP contribution in [-0.2, 0) is 18.4 Å². The Morgan fingerprint density at radius 1 is 1.03 bits per heavy atom. The number of hydrogen-bond donors (Lipinski definition) is 1. The van der Waals surface area contributed by atoms with Crippen LogP contribution in [0.25, 0.3) is 11.3 Å². The number of nitrogens with two attached hydrogens (primary N) is 1. The zero-order valence-electron chi connectivity index (χ0n) is 18.2. The number of hydrogen-bond acceptors (Lipinski definition) is 4. The summed E-state index contributed by atoms with van der Waals surface area (Å²) in [5.41, 5.74) is 10.4. The summed E-state index contributed by atoms with van der Waals surface area (Å²) in [5.74, 6) is 0.522. The highest BCUT2D eigenvalue weighted by atomic mass is 16.1. The standard InChI is InChI=1S/C24H35N5O/c1-27-17-22(18-29-15-13-28(14-16-29)12-11-23(25)30)24(26-27)21-9-7-20(8-10-21)19-5-3-2-4-6-19/h7-10,17,19H,2-6,11-16,18H2,1H3,(H2,25,30). The lowest BCUT2D eigenvalue weighted by Crippen LogP contribution is -2.46. The first-order valence-electron chi connectivity index (χ1n) is 11.4. The lowest BCUT2D eigenvalue weighted by molar-refractivity contribution is -0.118. The van der Waals surface area contributed by atoms with E-state index < -0.39 is 0 Å². The van der Waals surface area contributed by atoms with E-state index in [2.05, 4.69) is 40.3 Å². The van der Waals surface area contributed by atoms with Crippen molar-refractivity contribution >= 4 is 5.91 Å². The Balaban J connectivity index is 1.39. The van der Waals surface area contributed by atoms with E-state index in [0.717, 1.165) is 50.9 Å². The second kappa shape index (κ2) is 9.75. The molecule has 1 amide bonds. The van der Waals surface area contributed by atoms with Gasteiger partial charge < -0.3 is 10.6 Å². The van der Waals surface area contributed by atoms with Gasteiger partial charge in [-0.2, -0.15) is 5.10 Å². The predicted octanol–water partition coefficient (Wildman–Crippen LogP) is 3.13. The lowest BCUT2D eigenvalue weighted by atomic mass is 9.84. The smallest absolute Gasteiger partial charge is 0.218 e. The number of primary amides is 1. The zero-order valence-corrected chi connectivity index (χ0v) is 18.2. The highest BCUT2D eigenvalue weighted by Gasteiger charge is 2.20. The molecule has 1 saturated heterocycles. The maximum atomic E-state index is 11.0. The molecule has 6 heteroatoms. The van der Waals surface area contributed by atoms with Crippen molar-refractivity contribution in [2.75, 3.05) is 32.7 Å². The summed E-state index contributed by atoms with van der Waals surface area (Å²) >= 11 is 0. The van der Waals surface area contributed by atoms with E-state index in [4.69, 9.17) is 10.8 Å². The molecule has 0 unspecified atom stereocenters. The predicted molar refractivity (Wildman–Crippen MR) is 120 cm³/mol. The number of aryl methyl sites for hydroxylation is 1. The van der Waals surface area contributed by atoms with E-state index in [-0.39, 0.29) is 5.91 Å². The molecule has 1 aromatic heterocycles. The molecule has 0 radical (unpaired) electrons. The Bertz CT molecular complexity index is 830. The maximum Gasteiger partial charge on any atom is 0.218 e. The molecule has 1 aliphatic heterocycles. The van der Waals surface area contributed by atoms with E-state index in [9.17, 15) is 4.79 Å². The van der Waals surface area contributed by atoms with Crippen LogP contribution in [0, 0.1) is 0 Å². The van der Waals surface area contributed by atoms with Gasteiger partial charge in [-0.15, -0.1) is 0 Å². The van der Waals surface area contributed by atoms with Crippen molar-refractivity contribution in [1.29, 1.82) is 0 Å². The first kappa shape index (κ1) is 21.1. The maximum absolute atomic E-state index is 11.0. The summed E-state index contributed by atoms with van der Waals surface area (Å²) < 4.78 is 1.93. The first-order chi connectivity index (χ1) is 14.6. The number of carbonyl (C=O) groups is 1. The van der Waals surface area contributed by atoms with Gasteiger partial charge in [0.2, 0.25) is 5.91 Å². The van der Waals surface area contributed by atoms with Crippen LogP contribution in [0.4, 0.5) is 0 Å². The Morgan fingerprint density at radius 3 is 2.37 bits per heavy atom. The fraction of sp³-hybridized carbons (Fsp3) is 0.583. The molecular weight excluding hydrogens is 374 g/mol. The van der Waals surface area contributed by atoms with Crippen molar-refractivity contribution in [3.8, 4) is 11.3 Å². The van der Waals surface area contributed by atoms with Gasteiger partial charge in [-0.3, -0.25) is 14.4 Å². The molecule has 2 aliphatic rings. The molecule has 0 spiro atoms. The number of carbonyl (C=O) groups excluding carboxylic acids is 1. The van der Waals surface area contributed by atoms with E-state index in [1.807, 2.05) is 11.7 Å². The van der Waals surface area contributed by atoms with Crippen LogP contribution in [0.5, 0.6) is 0 Å². The van der Waals surface area contributed by atoms with Crippen LogP contribution in [-0.4, -0.2) is 58.2 Å². The second-order valence-electron chi connectivity index (χ2n) is 8.97. The van der Waals surface area contributed by atoms with Crippen LogP contribution < -0.4 is 5.73 Å². The molecule has 162 valence electrons. The minimum absolute atomic E-state index is 0.216.